The van der Waals surface area contributed by atoms with Crippen molar-refractivity contribution in [3.8, 4) is 5.75 Å². The zero-order valence-corrected chi connectivity index (χ0v) is 15.7. The van der Waals surface area contributed by atoms with E-state index >= 15 is 0 Å². The number of amides is 1. The first-order valence-corrected chi connectivity index (χ1v) is 9.67. The molecule has 1 amide bonds. The number of hydrogen-bond acceptors (Lipinski definition) is 5. The number of carbonyl (C=O) groups excluding carboxylic acids is 1. The third kappa shape index (κ3) is 4.16. The zero-order chi connectivity index (χ0) is 19.5. The van der Waals surface area contributed by atoms with Crippen molar-refractivity contribution in [2.24, 2.45) is 5.73 Å². The van der Waals surface area contributed by atoms with Gasteiger partial charge in [0.1, 0.15) is 17.1 Å². The monoisotopic (exact) mass is 395 g/mol. The Morgan fingerprint density at radius 1 is 1.21 bits per heavy atom. The first-order valence-electron chi connectivity index (χ1n) is 8.79. The molecular formula is C21H18FN3O2S. The molecule has 28 heavy (non-hydrogen) atoms. The fourth-order valence-electron chi connectivity index (χ4n) is 2.96. The van der Waals surface area contributed by atoms with Gasteiger partial charge in [-0.25, -0.2) is 4.39 Å². The Balaban J connectivity index is 1.54. The number of thioether (sulfide) groups is 1. The summed E-state index contributed by atoms with van der Waals surface area (Å²) in [5.41, 5.74) is 8.01. The topological polar surface area (TPSA) is 77.2 Å². The second kappa shape index (κ2) is 8.00. The quantitative estimate of drug-likeness (QED) is 0.647. The molecule has 1 saturated heterocycles. The van der Waals surface area contributed by atoms with Crippen molar-refractivity contribution < 1.29 is 13.9 Å². The van der Waals surface area contributed by atoms with Crippen LogP contribution in [0.4, 0.5) is 4.39 Å². The average Bonchev–Trinajstić information content (AvgIpc) is 3.00. The van der Waals surface area contributed by atoms with E-state index in [1.54, 1.807) is 18.3 Å². The lowest BCUT2D eigenvalue weighted by Crippen LogP contribution is -2.31. The molecule has 3 aromatic rings. The molecule has 1 aliphatic rings. The average molecular weight is 395 g/mol. The number of aromatic nitrogens is 1. The lowest BCUT2D eigenvalue weighted by molar-refractivity contribution is -0.116. The van der Waals surface area contributed by atoms with Crippen LogP contribution in [0.15, 0.2) is 59.6 Å². The van der Waals surface area contributed by atoms with Crippen LogP contribution in [0, 0.1) is 5.82 Å². The largest absolute Gasteiger partial charge is 0.492 e. The van der Waals surface area contributed by atoms with Crippen LogP contribution in [0.1, 0.15) is 11.1 Å². The van der Waals surface area contributed by atoms with Gasteiger partial charge in [-0.05, 0) is 47.5 Å². The molecule has 1 unspecified atom stereocenters. The minimum absolute atomic E-state index is 0.167. The van der Waals surface area contributed by atoms with Crippen LogP contribution in [-0.4, -0.2) is 23.0 Å². The van der Waals surface area contributed by atoms with E-state index in [9.17, 15) is 9.18 Å². The minimum Gasteiger partial charge on any atom is -0.492 e. The van der Waals surface area contributed by atoms with E-state index in [0.29, 0.717) is 23.7 Å². The summed E-state index contributed by atoms with van der Waals surface area (Å²) >= 11 is 1.30. The lowest BCUT2D eigenvalue weighted by Gasteiger charge is -2.10. The van der Waals surface area contributed by atoms with Gasteiger partial charge in [0, 0.05) is 18.0 Å². The summed E-state index contributed by atoms with van der Waals surface area (Å²) in [5.74, 6) is 0.300. The SMILES string of the molecule is NC1NC(=O)/C(=C/c2ccc3nccc(OCCc4ccc(F)cc4)c3c2)S1. The summed E-state index contributed by atoms with van der Waals surface area (Å²) in [6, 6.07) is 14.0. The molecule has 142 valence electrons. The molecule has 2 aromatic carbocycles. The van der Waals surface area contributed by atoms with E-state index in [0.717, 1.165) is 22.0 Å². The number of nitrogens with two attached hydrogens (primary N) is 1. The van der Waals surface area contributed by atoms with E-state index in [-0.39, 0.29) is 11.7 Å². The molecule has 0 aliphatic carbocycles. The normalized spacial score (nSPS) is 17.9. The maximum atomic E-state index is 13.0. The number of ether oxygens (including phenoxy) is 1. The number of benzene rings is 2. The van der Waals surface area contributed by atoms with E-state index in [1.807, 2.05) is 30.3 Å². The molecule has 0 spiro atoms. The van der Waals surface area contributed by atoms with Crippen LogP contribution in [0.2, 0.25) is 0 Å². The van der Waals surface area contributed by atoms with E-state index in [1.165, 1.54) is 23.9 Å². The number of halogens is 1. The van der Waals surface area contributed by atoms with Crippen molar-refractivity contribution in [3.63, 3.8) is 0 Å². The van der Waals surface area contributed by atoms with Crippen molar-refractivity contribution in [2.45, 2.75) is 11.9 Å². The fourth-order valence-corrected chi connectivity index (χ4v) is 3.76. The Bertz CT molecular complexity index is 1050. The smallest absolute Gasteiger partial charge is 0.259 e. The van der Waals surface area contributed by atoms with Gasteiger partial charge in [-0.1, -0.05) is 30.0 Å². The van der Waals surface area contributed by atoms with Crippen LogP contribution in [0.25, 0.3) is 17.0 Å². The van der Waals surface area contributed by atoms with E-state index < -0.39 is 5.50 Å². The van der Waals surface area contributed by atoms with E-state index in [4.69, 9.17) is 10.5 Å². The predicted octanol–water partition coefficient (Wildman–Crippen LogP) is 3.44. The summed E-state index contributed by atoms with van der Waals surface area (Å²) in [6.45, 7) is 0.461. The van der Waals surface area contributed by atoms with Crippen LogP contribution in [-0.2, 0) is 11.2 Å². The standard InChI is InChI=1S/C21H18FN3O2S/c22-15-4-1-13(2-5-15)8-10-27-18-7-9-24-17-6-3-14(11-16(17)18)12-19-20(26)25-21(23)28-19/h1-7,9,11-12,21H,8,10,23H2,(H,25,26)/b19-12-. The third-order valence-electron chi connectivity index (χ3n) is 4.34. The van der Waals surface area contributed by atoms with Crippen molar-refractivity contribution in [2.75, 3.05) is 6.61 Å². The van der Waals surface area contributed by atoms with Gasteiger partial charge < -0.3 is 15.8 Å². The van der Waals surface area contributed by atoms with Gasteiger partial charge in [0.15, 0.2) is 0 Å². The predicted molar refractivity (Wildman–Crippen MR) is 109 cm³/mol. The molecule has 1 aliphatic heterocycles. The summed E-state index contributed by atoms with van der Waals surface area (Å²) in [7, 11) is 0. The second-order valence-corrected chi connectivity index (χ2v) is 7.51. The highest BCUT2D eigenvalue weighted by Gasteiger charge is 2.23. The van der Waals surface area contributed by atoms with Gasteiger partial charge in [-0.2, -0.15) is 0 Å². The number of pyridine rings is 1. The van der Waals surface area contributed by atoms with Gasteiger partial charge in [0.2, 0.25) is 0 Å². The number of rotatable bonds is 5. The molecule has 1 aromatic heterocycles. The molecule has 1 fully saturated rings. The first kappa shape index (κ1) is 18.5. The highest BCUT2D eigenvalue weighted by Crippen LogP contribution is 2.29. The summed E-state index contributed by atoms with van der Waals surface area (Å²) in [5, 5.41) is 3.52. The Hall–Kier alpha value is -2.90. The number of nitrogens with zero attached hydrogens (tertiary/aromatic N) is 1. The van der Waals surface area contributed by atoms with Crippen molar-refractivity contribution in [3.05, 3.63) is 76.6 Å². The van der Waals surface area contributed by atoms with E-state index in [2.05, 4.69) is 10.3 Å². The highest BCUT2D eigenvalue weighted by atomic mass is 32.2. The van der Waals surface area contributed by atoms with Crippen molar-refractivity contribution in [1.29, 1.82) is 0 Å². The van der Waals surface area contributed by atoms with Crippen LogP contribution in [0.5, 0.6) is 5.75 Å². The Labute approximate surface area is 165 Å². The van der Waals surface area contributed by atoms with Gasteiger partial charge in [0.25, 0.3) is 5.91 Å². The second-order valence-electron chi connectivity index (χ2n) is 6.33. The summed E-state index contributed by atoms with van der Waals surface area (Å²) in [6.07, 6.45) is 4.18. The summed E-state index contributed by atoms with van der Waals surface area (Å²) in [4.78, 5) is 16.8. The molecule has 0 bridgehead atoms. The molecule has 0 saturated carbocycles. The molecular weight excluding hydrogens is 377 g/mol. The summed E-state index contributed by atoms with van der Waals surface area (Å²) < 4.78 is 19.0. The number of carbonyl (C=O) groups is 1. The molecule has 4 rings (SSSR count). The fraction of sp³-hybridized carbons (Fsp3) is 0.143. The van der Waals surface area contributed by atoms with Crippen molar-refractivity contribution in [1.82, 2.24) is 10.3 Å². The van der Waals surface area contributed by atoms with Crippen LogP contribution < -0.4 is 15.8 Å². The number of fused-ring (bicyclic) bond motifs is 1. The number of nitrogens with one attached hydrogen (secondary N) is 1. The molecule has 3 N–H and O–H groups in total. The minimum atomic E-state index is -0.411. The third-order valence-corrected chi connectivity index (χ3v) is 5.26. The first-order chi connectivity index (χ1) is 13.6. The van der Waals surface area contributed by atoms with Crippen LogP contribution in [0.3, 0.4) is 0 Å². The van der Waals surface area contributed by atoms with Gasteiger partial charge in [0.05, 0.1) is 17.0 Å². The van der Waals surface area contributed by atoms with Crippen LogP contribution >= 0.6 is 11.8 Å². The lowest BCUT2D eigenvalue weighted by atomic mass is 10.1. The van der Waals surface area contributed by atoms with Crippen molar-refractivity contribution >= 4 is 34.6 Å². The zero-order valence-electron chi connectivity index (χ0n) is 14.9. The number of hydrogen-bond donors (Lipinski definition) is 2. The van der Waals surface area contributed by atoms with Gasteiger partial charge in [-0.15, -0.1) is 0 Å². The Morgan fingerprint density at radius 3 is 2.79 bits per heavy atom. The molecule has 1 atom stereocenters. The maximum absolute atomic E-state index is 13.0. The Kier molecular flexibility index (Phi) is 5.27. The molecule has 5 nitrogen and oxygen atoms in total. The molecule has 2 heterocycles. The Morgan fingerprint density at radius 2 is 2.04 bits per heavy atom. The van der Waals surface area contributed by atoms with Gasteiger partial charge >= 0.3 is 0 Å². The highest BCUT2D eigenvalue weighted by molar-refractivity contribution is 8.05. The molecule has 7 heteroatoms. The molecule has 0 radical (unpaired) electrons. The van der Waals surface area contributed by atoms with Gasteiger partial charge in [-0.3, -0.25) is 9.78 Å². The maximum Gasteiger partial charge on any atom is 0.259 e.